The number of hydrogen-bond acceptors (Lipinski definition) is 3. The molecule has 21 heavy (non-hydrogen) atoms. The lowest BCUT2D eigenvalue weighted by Gasteiger charge is -2.37. The molecule has 3 heteroatoms. The van der Waals surface area contributed by atoms with E-state index in [-0.39, 0.29) is 6.04 Å². The van der Waals surface area contributed by atoms with E-state index in [1.54, 1.807) is 7.11 Å². The number of rotatable bonds is 4. The first-order valence-corrected chi connectivity index (χ1v) is 8.08. The number of methoxy groups -OCH3 is 1. The second-order valence-corrected chi connectivity index (χ2v) is 7.42. The molecule has 0 amide bonds. The molecule has 0 radical (unpaired) electrons. The van der Waals surface area contributed by atoms with Crippen LogP contribution in [0.3, 0.4) is 0 Å². The van der Waals surface area contributed by atoms with Gasteiger partial charge in [0.15, 0.2) is 0 Å². The van der Waals surface area contributed by atoms with Gasteiger partial charge in [-0.25, -0.2) is 0 Å². The highest BCUT2D eigenvalue weighted by atomic mass is 16.5. The molecule has 0 aromatic carbocycles. The molecule has 0 saturated heterocycles. The predicted octanol–water partition coefficient (Wildman–Crippen LogP) is 3.79. The second kappa shape index (κ2) is 6.35. The van der Waals surface area contributed by atoms with Gasteiger partial charge in [0.1, 0.15) is 5.75 Å². The van der Waals surface area contributed by atoms with Gasteiger partial charge in [-0.2, -0.15) is 0 Å². The zero-order valence-corrected chi connectivity index (χ0v) is 14.2. The van der Waals surface area contributed by atoms with Crippen molar-refractivity contribution >= 4 is 0 Å². The first-order chi connectivity index (χ1) is 9.84. The van der Waals surface area contributed by atoms with Gasteiger partial charge in [0.25, 0.3) is 0 Å². The minimum atomic E-state index is 0.208. The molecular formula is C18H30N2O. The molecule has 2 rings (SSSR count). The van der Waals surface area contributed by atoms with Gasteiger partial charge < -0.3 is 10.5 Å². The highest BCUT2D eigenvalue weighted by Gasteiger charge is 2.30. The van der Waals surface area contributed by atoms with Crippen LogP contribution in [0.2, 0.25) is 0 Å². The van der Waals surface area contributed by atoms with Crippen molar-refractivity contribution in [1.82, 2.24) is 4.98 Å². The van der Waals surface area contributed by atoms with Crippen molar-refractivity contribution in [3.63, 3.8) is 0 Å². The monoisotopic (exact) mass is 290 g/mol. The van der Waals surface area contributed by atoms with E-state index in [2.05, 4.69) is 25.8 Å². The maximum absolute atomic E-state index is 6.49. The summed E-state index contributed by atoms with van der Waals surface area (Å²) in [5.41, 5.74) is 10.3. The number of aromatic nitrogens is 1. The molecule has 0 aliphatic heterocycles. The van der Waals surface area contributed by atoms with Gasteiger partial charge in [-0.15, -0.1) is 0 Å². The Balaban J connectivity index is 2.05. The summed E-state index contributed by atoms with van der Waals surface area (Å²) in [6.07, 6.45) is 7.82. The third-order valence-corrected chi connectivity index (χ3v) is 5.17. The summed E-state index contributed by atoms with van der Waals surface area (Å²) in [6, 6.07) is 0.208. The van der Waals surface area contributed by atoms with Gasteiger partial charge in [-0.3, -0.25) is 4.98 Å². The molecule has 1 aromatic rings. The molecule has 1 heterocycles. The van der Waals surface area contributed by atoms with Gasteiger partial charge >= 0.3 is 0 Å². The maximum Gasteiger partial charge on any atom is 0.128 e. The minimum absolute atomic E-state index is 0.208. The number of aryl methyl sites for hydroxylation is 1. The first-order valence-electron chi connectivity index (χ1n) is 8.08. The van der Waals surface area contributed by atoms with Gasteiger partial charge in [-0.05, 0) is 50.9 Å². The summed E-state index contributed by atoms with van der Waals surface area (Å²) in [5, 5.41) is 0. The Hall–Kier alpha value is -1.09. The number of hydrogen-bond donors (Lipinski definition) is 1. The minimum Gasteiger partial charge on any atom is -0.496 e. The molecule has 1 unspecified atom stereocenters. The Bertz CT molecular complexity index is 486. The average Bonchev–Trinajstić information content (AvgIpc) is 2.42. The molecule has 1 fully saturated rings. The summed E-state index contributed by atoms with van der Waals surface area (Å²) in [7, 11) is 1.72. The Morgan fingerprint density at radius 3 is 2.52 bits per heavy atom. The van der Waals surface area contributed by atoms with Crippen LogP contribution in [0.1, 0.15) is 56.4 Å². The first kappa shape index (κ1) is 16.3. The van der Waals surface area contributed by atoms with Crippen LogP contribution in [0.15, 0.2) is 6.20 Å². The lowest BCUT2D eigenvalue weighted by Crippen LogP contribution is -2.36. The summed E-state index contributed by atoms with van der Waals surface area (Å²) >= 11 is 0. The van der Waals surface area contributed by atoms with Crippen molar-refractivity contribution in [3.05, 3.63) is 23.0 Å². The van der Waals surface area contributed by atoms with Crippen molar-refractivity contribution < 1.29 is 4.74 Å². The third-order valence-electron chi connectivity index (χ3n) is 5.17. The Morgan fingerprint density at radius 2 is 1.95 bits per heavy atom. The molecule has 0 bridgehead atoms. The SMILES string of the molecule is COc1c(C)cnc(CC(N)C2CCC(C)(C)CC2)c1C. The molecule has 1 aromatic heterocycles. The average molecular weight is 290 g/mol. The van der Waals surface area contributed by atoms with E-state index in [0.29, 0.717) is 11.3 Å². The summed E-state index contributed by atoms with van der Waals surface area (Å²) < 4.78 is 5.49. The molecule has 1 saturated carbocycles. The van der Waals surface area contributed by atoms with Crippen molar-refractivity contribution in [2.24, 2.45) is 17.1 Å². The van der Waals surface area contributed by atoms with Crippen molar-refractivity contribution in [1.29, 1.82) is 0 Å². The van der Waals surface area contributed by atoms with Gasteiger partial charge in [0, 0.05) is 35.5 Å². The molecule has 1 atom stereocenters. The fourth-order valence-corrected chi connectivity index (χ4v) is 3.52. The molecule has 1 aliphatic rings. The largest absolute Gasteiger partial charge is 0.496 e. The van der Waals surface area contributed by atoms with E-state index in [4.69, 9.17) is 10.5 Å². The fourth-order valence-electron chi connectivity index (χ4n) is 3.52. The van der Waals surface area contributed by atoms with Crippen LogP contribution in [-0.4, -0.2) is 18.1 Å². The lowest BCUT2D eigenvalue weighted by atomic mass is 9.70. The van der Waals surface area contributed by atoms with Crippen LogP contribution < -0.4 is 10.5 Å². The van der Waals surface area contributed by atoms with E-state index in [1.165, 1.54) is 25.7 Å². The summed E-state index contributed by atoms with van der Waals surface area (Å²) in [4.78, 5) is 4.59. The van der Waals surface area contributed by atoms with Crippen molar-refractivity contribution in [2.75, 3.05) is 7.11 Å². The highest BCUT2D eigenvalue weighted by molar-refractivity contribution is 5.41. The van der Waals surface area contributed by atoms with Crippen LogP contribution in [-0.2, 0) is 6.42 Å². The fraction of sp³-hybridized carbons (Fsp3) is 0.722. The maximum atomic E-state index is 6.49. The predicted molar refractivity (Wildman–Crippen MR) is 87.7 cm³/mol. The standard InChI is InChI=1S/C18H30N2O/c1-12-11-20-16(13(2)17(12)21-5)10-15(19)14-6-8-18(3,4)9-7-14/h11,14-15H,6-10,19H2,1-5H3. The Kier molecular flexibility index (Phi) is 4.92. The smallest absolute Gasteiger partial charge is 0.128 e. The summed E-state index contributed by atoms with van der Waals surface area (Å²) in [5.74, 6) is 1.59. The van der Waals surface area contributed by atoms with Gasteiger partial charge in [0.05, 0.1) is 7.11 Å². The van der Waals surface area contributed by atoms with E-state index >= 15 is 0 Å². The zero-order chi connectivity index (χ0) is 15.6. The van der Waals surface area contributed by atoms with E-state index in [0.717, 1.165) is 29.0 Å². The molecule has 1 aliphatic carbocycles. The number of nitrogens with zero attached hydrogens (tertiary/aromatic N) is 1. The number of pyridine rings is 1. The van der Waals surface area contributed by atoms with E-state index in [1.807, 2.05) is 13.1 Å². The highest BCUT2D eigenvalue weighted by Crippen LogP contribution is 2.39. The van der Waals surface area contributed by atoms with Crippen molar-refractivity contribution in [3.8, 4) is 5.75 Å². The third kappa shape index (κ3) is 3.76. The molecule has 0 spiro atoms. The Morgan fingerprint density at radius 1 is 1.33 bits per heavy atom. The summed E-state index contributed by atoms with van der Waals surface area (Å²) in [6.45, 7) is 8.85. The van der Waals surface area contributed by atoms with Gasteiger partial charge in [0.2, 0.25) is 0 Å². The van der Waals surface area contributed by atoms with Crippen LogP contribution in [0.5, 0.6) is 5.75 Å². The van der Waals surface area contributed by atoms with Crippen LogP contribution in [0.25, 0.3) is 0 Å². The molecular weight excluding hydrogens is 260 g/mol. The van der Waals surface area contributed by atoms with E-state index in [9.17, 15) is 0 Å². The molecule has 2 N–H and O–H groups in total. The molecule has 118 valence electrons. The quantitative estimate of drug-likeness (QED) is 0.917. The van der Waals surface area contributed by atoms with Crippen LogP contribution >= 0.6 is 0 Å². The second-order valence-electron chi connectivity index (χ2n) is 7.42. The van der Waals surface area contributed by atoms with Crippen LogP contribution in [0, 0.1) is 25.2 Å². The lowest BCUT2D eigenvalue weighted by molar-refractivity contribution is 0.172. The Labute approximate surface area is 129 Å². The van der Waals surface area contributed by atoms with Crippen molar-refractivity contribution in [2.45, 2.75) is 65.8 Å². The number of ether oxygens (including phenoxy) is 1. The van der Waals surface area contributed by atoms with Gasteiger partial charge in [-0.1, -0.05) is 13.8 Å². The number of nitrogens with two attached hydrogens (primary N) is 1. The zero-order valence-electron chi connectivity index (χ0n) is 14.2. The van der Waals surface area contributed by atoms with E-state index < -0.39 is 0 Å². The topological polar surface area (TPSA) is 48.1 Å². The normalized spacial score (nSPS) is 20.3. The van der Waals surface area contributed by atoms with Crippen LogP contribution in [0.4, 0.5) is 0 Å². The molecule has 3 nitrogen and oxygen atoms in total.